The lowest BCUT2D eigenvalue weighted by atomic mass is 10.1. The number of hydrogen-bond acceptors (Lipinski definition) is 3. The summed E-state index contributed by atoms with van der Waals surface area (Å²) >= 11 is 0. The van der Waals surface area contributed by atoms with Gasteiger partial charge in [-0.1, -0.05) is 24.3 Å². The van der Waals surface area contributed by atoms with E-state index < -0.39 is 10.0 Å². The average Bonchev–Trinajstić information content (AvgIpc) is 2.27. The van der Waals surface area contributed by atoms with Gasteiger partial charge < -0.3 is 5.73 Å². The van der Waals surface area contributed by atoms with Crippen LogP contribution in [0.2, 0.25) is 0 Å². The predicted molar refractivity (Wildman–Crippen MR) is 73.8 cm³/mol. The van der Waals surface area contributed by atoms with Crippen LogP contribution >= 0.6 is 0 Å². The number of fused-ring (bicyclic) bond motifs is 1. The Balaban J connectivity index is 2.70. The maximum absolute atomic E-state index is 12.2. The first-order valence-corrected chi connectivity index (χ1v) is 7.19. The fourth-order valence-electron chi connectivity index (χ4n) is 1.90. The summed E-state index contributed by atoms with van der Waals surface area (Å²) in [4.78, 5) is 0.265. The zero-order chi connectivity index (χ0) is 13.3. The summed E-state index contributed by atoms with van der Waals surface area (Å²) in [5, 5.41) is 1.40. The van der Waals surface area contributed by atoms with Gasteiger partial charge in [0.15, 0.2) is 0 Å². The molecule has 0 bridgehead atoms. The average molecular weight is 264 g/mol. The van der Waals surface area contributed by atoms with Crippen molar-refractivity contribution < 1.29 is 8.42 Å². The highest BCUT2D eigenvalue weighted by Gasteiger charge is 2.18. The molecule has 2 aromatic carbocycles. The van der Waals surface area contributed by atoms with Crippen LogP contribution in [-0.2, 0) is 10.0 Å². The van der Waals surface area contributed by atoms with Crippen molar-refractivity contribution in [3.05, 3.63) is 36.4 Å². The van der Waals surface area contributed by atoms with Crippen LogP contribution < -0.4 is 10.5 Å². The summed E-state index contributed by atoms with van der Waals surface area (Å²) in [5.74, 6) is 0. The molecule has 0 heterocycles. The van der Waals surface area contributed by atoms with Crippen molar-refractivity contribution in [2.45, 2.75) is 24.8 Å². The van der Waals surface area contributed by atoms with E-state index in [2.05, 4.69) is 4.72 Å². The molecular formula is C13H16N2O2S. The first-order chi connectivity index (χ1) is 8.42. The summed E-state index contributed by atoms with van der Waals surface area (Å²) in [7, 11) is -3.51. The normalized spacial score (nSPS) is 12.2. The highest BCUT2D eigenvalue weighted by Crippen LogP contribution is 2.27. The Kier molecular flexibility index (Phi) is 3.28. The summed E-state index contributed by atoms with van der Waals surface area (Å²) in [6.45, 7) is 3.58. The van der Waals surface area contributed by atoms with Crippen molar-refractivity contribution in [1.82, 2.24) is 4.72 Å². The van der Waals surface area contributed by atoms with Gasteiger partial charge in [-0.25, -0.2) is 13.1 Å². The lowest BCUT2D eigenvalue weighted by molar-refractivity contribution is 0.571. The molecule has 2 rings (SSSR count). The van der Waals surface area contributed by atoms with Gasteiger partial charge in [0.25, 0.3) is 0 Å². The molecule has 0 aliphatic heterocycles. The molecule has 0 unspecified atom stereocenters. The molecule has 0 aliphatic carbocycles. The minimum atomic E-state index is -3.51. The molecule has 0 saturated carbocycles. The van der Waals surface area contributed by atoms with E-state index >= 15 is 0 Å². The topological polar surface area (TPSA) is 72.2 Å². The maximum Gasteiger partial charge on any atom is 0.241 e. The summed E-state index contributed by atoms with van der Waals surface area (Å²) in [5.41, 5.74) is 6.43. The molecule has 5 heteroatoms. The van der Waals surface area contributed by atoms with E-state index in [1.807, 2.05) is 12.1 Å². The number of sulfonamides is 1. The van der Waals surface area contributed by atoms with Gasteiger partial charge in [0.05, 0.1) is 4.90 Å². The molecule has 0 aromatic heterocycles. The Morgan fingerprint density at radius 2 is 1.67 bits per heavy atom. The lowest BCUT2D eigenvalue weighted by Crippen LogP contribution is -2.30. The fraction of sp³-hybridized carbons (Fsp3) is 0.231. The SMILES string of the molecule is CC(C)NS(=O)(=O)c1ccc(N)c2ccccc12. The van der Waals surface area contributed by atoms with Crippen LogP contribution in [0.15, 0.2) is 41.3 Å². The highest BCUT2D eigenvalue weighted by molar-refractivity contribution is 7.89. The smallest absolute Gasteiger partial charge is 0.241 e. The number of benzene rings is 2. The van der Waals surface area contributed by atoms with E-state index in [9.17, 15) is 8.42 Å². The zero-order valence-electron chi connectivity index (χ0n) is 10.3. The Morgan fingerprint density at radius 1 is 1.06 bits per heavy atom. The van der Waals surface area contributed by atoms with Crippen LogP contribution in [0.5, 0.6) is 0 Å². The first-order valence-electron chi connectivity index (χ1n) is 5.71. The van der Waals surface area contributed by atoms with Gasteiger partial charge in [-0.05, 0) is 26.0 Å². The molecule has 0 fully saturated rings. The minimum Gasteiger partial charge on any atom is -0.398 e. The highest BCUT2D eigenvalue weighted by atomic mass is 32.2. The Morgan fingerprint density at radius 3 is 2.28 bits per heavy atom. The Hall–Kier alpha value is -1.59. The molecule has 4 nitrogen and oxygen atoms in total. The quantitative estimate of drug-likeness (QED) is 0.834. The van der Waals surface area contributed by atoms with E-state index in [4.69, 9.17) is 5.73 Å². The second kappa shape index (κ2) is 4.59. The zero-order valence-corrected chi connectivity index (χ0v) is 11.2. The van der Waals surface area contributed by atoms with Gasteiger partial charge in [0.2, 0.25) is 10.0 Å². The number of nitrogens with one attached hydrogen (secondary N) is 1. The number of hydrogen-bond donors (Lipinski definition) is 2. The maximum atomic E-state index is 12.2. The van der Waals surface area contributed by atoms with Crippen LogP contribution in [0.25, 0.3) is 10.8 Å². The van der Waals surface area contributed by atoms with Gasteiger partial charge >= 0.3 is 0 Å². The van der Waals surface area contributed by atoms with Crippen molar-refractivity contribution in [1.29, 1.82) is 0 Å². The van der Waals surface area contributed by atoms with Gasteiger partial charge in [0, 0.05) is 22.5 Å². The van der Waals surface area contributed by atoms with Gasteiger partial charge in [-0.2, -0.15) is 0 Å². The van der Waals surface area contributed by atoms with Crippen LogP contribution in [0.4, 0.5) is 5.69 Å². The summed E-state index contributed by atoms with van der Waals surface area (Å²) in [6.07, 6.45) is 0. The molecule has 0 radical (unpaired) electrons. The largest absolute Gasteiger partial charge is 0.398 e. The second-order valence-corrected chi connectivity index (χ2v) is 6.16. The lowest BCUT2D eigenvalue weighted by Gasteiger charge is -2.12. The minimum absolute atomic E-state index is 0.147. The van der Waals surface area contributed by atoms with Gasteiger partial charge in [-0.15, -0.1) is 0 Å². The van der Waals surface area contributed by atoms with E-state index in [0.29, 0.717) is 11.1 Å². The van der Waals surface area contributed by atoms with Crippen molar-refractivity contribution >= 4 is 26.5 Å². The third-order valence-corrected chi connectivity index (χ3v) is 4.31. The van der Waals surface area contributed by atoms with E-state index in [0.717, 1.165) is 5.39 Å². The molecule has 96 valence electrons. The Bertz CT molecular complexity index is 678. The number of anilines is 1. The van der Waals surface area contributed by atoms with E-state index in [1.54, 1.807) is 38.1 Å². The molecule has 0 atom stereocenters. The number of nitrogen functional groups attached to an aromatic ring is 1. The van der Waals surface area contributed by atoms with Crippen LogP contribution in [0.1, 0.15) is 13.8 Å². The molecule has 2 aromatic rings. The number of nitrogens with two attached hydrogens (primary N) is 1. The predicted octanol–water partition coefficient (Wildman–Crippen LogP) is 2.11. The van der Waals surface area contributed by atoms with Gasteiger partial charge in [-0.3, -0.25) is 0 Å². The second-order valence-electron chi connectivity index (χ2n) is 4.47. The summed E-state index contributed by atoms with van der Waals surface area (Å²) < 4.78 is 27.0. The molecule has 0 saturated heterocycles. The third kappa shape index (κ3) is 2.32. The van der Waals surface area contributed by atoms with Crippen LogP contribution in [0.3, 0.4) is 0 Å². The Labute approximate surface area is 107 Å². The molecular weight excluding hydrogens is 248 g/mol. The van der Waals surface area contributed by atoms with Crippen molar-refractivity contribution in [3.63, 3.8) is 0 Å². The molecule has 18 heavy (non-hydrogen) atoms. The fourth-order valence-corrected chi connectivity index (χ4v) is 3.37. The molecule has 0 amide bonds. The van der Waals surface area contributed by atoms with Gasteiger partial charge in [0.1, 0.15) is 0 Å². The first kappa shape index (κ1) is 12.9. The van der Waals surface area contributed by atoms with E-state index in [1.165, 1.54) is 0 Å². The van der Waals surface area contributed by atoms with Crippen molar-refractivity contribution in [3.8, 4) is 0 Å². The monoisotopic (exact) mass is 264 g/mol. The standard InChI is InChI=1S/C13H16N2O2S/c1-9(2)15-18(16,17)13-8-7-12(14)10-5-3-4-6-11(10)13/h3-9,15H,14H2,1-2H3. The third-order valence-electron chi connectivity index (χ3n) is 2.60. The van der Waals surface area contributed by atoms with Crippen LogP contribution in [-0.4, -0.2) is 14.5 Å². The molecule has 3 N–H and O–H groups in total. The molecule has 0 spiro atoms. The van der Waals surface area contributed by atoms with Crippen LogP contribution in [0, 0.1) is 0 Å². The summed E-state index contributed by atoms with van der Waals surface area (Å²) in [6, 6.07) is 10.2. The number of rotatable bonds is 3. The van der Waals surface area contributed by atoms with E-state index in [-0.39, 0.29) is 10.9 Å². The molecule has 0 aliphatic rings. The van der Waals surface area contributed by atoms with Crippen molar-refractivity contribution in [2.24, 2.45) is 0 Å². The van der Waals surface area contributed by atoms with Crippen molar-refractivity contribution in [2.75, 3.05) is 5.73 Å².